The Balaban J connectivity index is 1.37. The van der Waals surface area contributed by atoms with Gasteiger partial charge in [0.2, 0.25) is 0 Å². The highest BCUT2D eigenvalue weighted by Crippen LogP contribution is 2.38. The maximum absolute atomic E-state index is 13.4. The van der Waals surface area contributed by atoms with Crippen LogP contribution in [0, 0.1) is 0 Å². The number of hydrogen-bond acceptors (Lipinski definition) is 6. The minimum Gasteiger partial charge on any atom is -0.611 e. The molecular weight excluding hydrogens is 408 g/mol. The van der Waals surface area contributed by atoms with Gasteiger partial charge in [0, 0.05) is 56.0 Å². The summed E-state index contributed by atoms with van der Waals surface area (Å²) in [7, 11) is 0. The molecule has 1 aromatic heterocycles. The molecule has 0 spiro atoms. The van der Waals surface area contributed by atoms with E-state index in [1.807, 2.05) is 36.5 Å². The molecule has 6 nitrogen and oxygen atoms in total. The quantitative estimate of drug-likeness (QED) is 0.739. The van der Waals surface area contributed by atoms with Gasteiger partial charge in [0.05, 0.1) is 17.9 Å². The zero-order chi connectivity index (χ0) is 21.4. The molecule has 0 aliphatic carbocycles. The third kappa shape index (κ3) is 4.14. The van der Waals surface area contributed by atoms with E-state index >= 15 is 0 Å². The molecule has 1 fully saturated rings. The smallest absolute Gasteiger partial charge is 0.153 e. The fourth-order valence-electron chi connectivity index (χ4n) is 4.68. The number of rotatable bonds is 4. The minimum absolute atomic E-state index is 0.0331. The van der Waals surface area contributed by atoms with Crippen molar-refractivity contribution in [2.45, 2.75) is 49.0 Å². The predicted molar refractivity (Wildman–Crippen MR) is 123 cm³/mol. The molecule has 3 aliphatic rings. The molecule has 5 rings (SSSR count). The van der Waals surface area contributed by atoms with Gasteiger partial charge in [-0.05, 0) is 49.3 Å². The van der Waals surface area contributed by atoms with Crippen LogP contribution in [0.4, 0.5) is 0 Å². The standard InChI is InChI=1S/C24H30N4O2S/c1-17(2)27-11-8-18(9-12-27)31(29)19-6-7-23-20(15-19)24-26-22(16-28(24)13-14-30-23)21-5-3-4-10-25-21/h3-7,10,15-18,24,26H,8-9,11-14H2,1-2H3. The van der Waals surface area contributed by atoms with Crippen LogP contribution in [0.3, 0.4) is 0 Å². The Hall–Kier alpha value is -2.22. The number of likely N-dealkylation sites (tertiary alicyclic amines) is 1. The zero-order valence-electron chi connectivity index (χ0n) is 18.2. The Kier molecular flexibility index (Phi) is 5.82. The summed E-state index contributed by atoms with van der Waals surface area (Å²) in [6, 6.07) is 12.6. The lowest BCUT2D eigenvalue weighted by atomic mass is 10.1. The van der Waals surface area contributed by atoms with Gasteiger partial charge < -0.3 is 24.4 Å². The molecule has 0 radical (unpaired) electrons. The van der Waals surface area contributed by atoms with Crippen LogP contribution in [0.2, 0.25) is 0 Å². The van der Waals surface area contributed by atoms with Gasteiger partial charge in [-0.15, -0.1) is 0 Å². The molecule has 4 heterocycles. The summed E-state index contributed by atoms with van der Waals surface area (Å²) in [6.07, 6.45) is 5.87. The highest BCUT2D eigenvalue weighted by molar-refractivity contribution is 7.92. The van der Waals surface area contributed by atoms with Gasteiger partial charge in [0.25, 0.3) is 0 Å². The second-order valence-electron chi connectivity index (χ2n) is 8.72. The fourth-order valence-corrected chi connectivity index (χ4v) is 6.15. The second-order valence-corrected chi connectivity index (χ2v) is 10.4. The molecular formula is C24H30N4O2S. The topological polar surface area (TPSA) is 63.7 Å². The van der Waals surface area contributed by atoms with Crippen LogP contribution >= 0.6 is 0 Å². The van der Waals surface area contributed by atoms with Crippen LogP contribution in [0.5, 0.6) is 5.75 Å². The van der Waals surface area contributed by atoms with E-state index in [1.54, 1.807) is 0 Å². The monoisotopic (exact) mass is 438 g/mol. The molecule has 3 aliphatic heterocycles. The number of fused-ring (bicyclic) bond motifs is 3. The summed E-state index contributed by atoms with van der Waals surface area (Å²) in [5, 5.41) is 3.83. The molecule has 0 saturated carbocycles. The SMILES string of the molecule is CC(C)N1CCC([S+]([O-])c2ccc3c(c2)C2NC(c4ccccn4)=CN2CCO3)CC1. The van der Waals surface area contributed by atoms with Gasteiger partial charge in [-0.3, -0.25) is 4.98 Å². The molecule has 7 heteroatoms. The minimum atomic E-state index is -1.01. The van der Waals surface area contributed by atoms with Crippen molar-refractivity contribution in [2.75, 3.05) is 26.2 Å². The van der Waals surface area contributed by atoms with Crippen molar-refractivity contribution in [3.05, 3.63) is 60.1 Å². The van der Waals surface area contributed by atoms with E-state index in [0.717, 1.165) is 60.1 Å². The molecule has 1 saturated heterocycles. The van der Waals surface area contributed by atoms with Crippen molar-refractivity contribution in [1.82, 2.24) is 20.1 Å². The van der Waals surface area contributed by atoms with Crippen molar-refractivity contribution < 1.29 is 9.29 Å². The van der Waals surface area contributed by atoms with Crippen LogP contribution in [-0.4, -0.2) is 56.9 Å². The Morgan fingerprint density at radius 1 is 1.16 bits per heavy atom. The van der Waals surface area contributed by atoms with Crippen LogP contribution < -0.4 is 10.1 Å². The highest BCUT2D eigenvalue weighted by Gasteiger charge is 2.34. The number of pyridine rings is 1. The van der Waals surface area contributed by atoms with E-state index < -0.39 is 11.2 Å². The number of nitrogens with one attached hydrogen (secondary N) is 1. The molecule has 2 unspecified atom stereocenters. The van der Waals surface area contributed by atoms with Gasteiger partial charge in [0.15, 0.2) is 4.90 Å². The maximum atomic E-state index is 13.4. The van der Waals surface area contributed by atoms with Crippen molar-refractivity contribution in [3.8, 4) is 5.75 Å². The summed E-state index contributed by atoms with van der Waals surface area (Å²) < 4.78 is 19.4. The Morgan fingerprint density at radius 3 is 2.74 bits per heavy atom. The summed E-state index contributed by atoms with van der Waals surface area (Å²) >= 11 is -1.01. The van der Waals surface area contributed by atoms with E-state index in [1.165, 1.54) is 0 Å². The molecule has 31 heavy (non-hydrogen) atoms. The number of piperidine rings is 1. The second kappa shape index (κ2) is 8.73. The van der Waals surface area contributed by atoms with Gasteiger partial charge in [0.1, 0.15) is 23.8 Å². The largest absolute Gasteiger partial charge is 0.611 e. The predicted octanol–water partition coefficient (Wildman–Crippen LogP) is 3.36. The number of nitrogens with zero attached hydrogens (tertiary/aromatic N) is 3. The third-order valence-corrected chi connectivity index (χ3v) is 8.28. The van der Waals surface area contributed by atoms with Crippen LogP contribution in [0.15, 0.2) is 53.7 Å². The van der Waals surface area contributed by atoms with E-state index in [9.17, 15) is 4.55 Å². The fraction of sp³-hybridized carbons (Fsp3) is 0.458. The van der Waals surface area contributed by atoms with Gasteiger partial charge in [-0.1, -0.05) is 6.07 Å². The Morgan fingerprint density at radius 2 is 2.00 bits per heavy atom. The zero-order valence-corrected chi connectivity index (χ0v) is 19.0. The lowest BCUT2D eigenvalue weighted by molar-refractivity contribution is 0.186. The van der Waals surface area contributed by atoms with Crippen molar-refractivity contribution >= 4 is 16.9 Å². The lowest BCUT2D eigenvalue weighted by Gasteiger charge is -2.35. The molecule has 0 amide bonds. The van der Waals surface area contributed by atoms with Crippen molar-refractivity contribution in [1.29, 1.82) is 0 Å². The first-order valence-electron chi connectivity index (χ1n) is 11.2. The van der Waals surface area contributed by atoms with Gasteiger partial charge in [-0.25, -0.2) is 0 Å². The first kappa shape index (κ1) is 20.7. The molecule has 2 aromatic rings. The first-order valence-corrected chi connectivity index (χ1v) is 12.4. The number of benzene rings is 1. The van der Waals surface area contributed by atoms with E-state index in [0.29, 0.717) is 12.6 Å². The summed E-state index contributed by atoms with van der Waals surface area (Å²) in [5.74, 6) is 0.867. The average Bonchev–Trinajstić information content (AvgIpc) is 3.16. The van der Waals surface area contributed by atoms with Crippen molar-refractivity contribution in [2.24, 2.45) is 0 Å². The van der Waals surface area contributed by atoms with Gasteiger partial charge >= 0.3 is 0 Å². The third-order valence-electron chi connectivity index (χ3n) is 6.48. The number of aromatic nitrogens is 1. The van der Waals surface area contributed by atoms with Crippen LogP contribution in [0.1, 0.15) is 44.1 Å². The number of hydrogen-bond donors (Lipinski definition) is 1. The van der Waals surface area contributed by atoms with Crippen LogP contribution in [0.25, 0.3) is 5.70 Å². The maximum Gasteiger partial charge on any atom is 0.153 e. The van der Waals surface area contributed by atoms with E-state index in [-0.39, 0.29) is 11.4 Å². The number of ether oxygens (including phenoxy) is 1. The van der Waals surface area contributed by atoms with E-state index in [2.05, 4.69) is 46.2 Å². The first-order chi connectivity index (χ1) is 15.1. The highest BCUT2D eigenvalue weighted by atomic mass is 32.2. The normalized spacial score (nSPS) is 22.8. The van der Waals surface area contributed by atoms with Crippen LogP contribution in [-0.2, 0) is 11.2 Å². The van der Waals surface area contributed by atoms with E-state index in [4.69, 9.17) is 4.74 Å². The molecule has 0 bridgehead atoms. The van der Waals surface area contributed by atoms with Gasteiger partial charge in [-0.2, -0.15) is 0 Å². The summed E-state index contributed by atoms with van der Waals surface area (Å²) in [4.78, 5) is 10.1. The molecule has 1 N–H and O–H groups in total. The molecule has 2 atom stereocenters. The Labute approximate surface area is 187 Å². The molecule has 1 aromatic carbocycles. The summed E-state index contributed by atoms with van der Waals surface area (Å²) in [5.41, 5.74) is 2.98. The lowest BCUT2D eigenvalue weighted by Crippen LogP contribution is -2.42. The Bertz CT molecular complexity index is 944. The summed E-state index contributed by atoms with van der Waals surface area (Å²) in [6.45, 7) is 7.92. The average molecular weight is 439 g/mol. The molecule has 164 valence electrons. The van der Waals surface area contributed by atoms with Crippen molar-refractivity contribution in [3.63, 3.8) is 0 Å².